The Morgan fingerprint density at radius 2 is 1.81 bits per heavy atom. The van der Waals surface area contributed by atoms with E-state index in [1.165, 1.54) is 6.07 Å². The van der Waals surface area contributed by atoms with Crippen molar-refractivity contribution in [1.29, 1.82) is 0 Å². The molecule has 0 saturated carbocycles. The molecule has 0 amide bonds. The standard InChI is InChI=1S/C25H24N2O4/c1-15-10-11-21-20(12-22(28)31-24(21)16(15)2)14-30-25(29)23-17(3)26-27(18(23)4)13-19-8-6-5-7-9-19/h5-12H,13-14H2,1-4H3. The van der Waals surface area contributed by atoms with Crippen LogP contribution >= 0.6 is 0 Å². The molecule has 0 unspecified atom stereocenters. The van der Waals surface area contributed by atoms with Crippen molar-refractivity contribution in [2.24, 2.45) is 0 Å². The summed E-state index contributed by atoms with van der Waals surface area (Å²) < 4.78 is 12.8. The predicted molar refractivity (Wildman–Crippen MR) is 118 cm³/mol. The Labute approximate surface area is 180 Å². The Morgan fingerprint density at radius 1 is 1.06 bits per heavy atom. The van der Waals surface area contributed by atoms with Gasteiger partial charge in [0.2, 0.25) is 0 Å². The van der Waals surface area contributed by atoms with Gasteiger partial charge in [-0.1, -0.05) is 42.5 Å². The average Bonchev–Trinajstić information content (AvgIpc) is 3.02. The molecule has 0 saturated heterocycles. The van der Waals surface area contributed by atoms with Gasteiger partial charge in [0.15, 0.2) is 0 Å². The highest BCUT2D eigenvalue weighted by Crippen LogP contribution is 2.24. The Kier molecular flexibility index (Phi) is 5.46. The van der Waals surface area contributed by atoms with Crippen LogP contribution in [0, 0.1) is 27.7 Å². The van der Waals surface area contributed by atoms with Crippen molar-refractivity contribution in [3.05, 3.63) is 98.2 Å². The summed E-state index contributed by atoms with van der Waals surface area (Å²) in [4.78, 5) is 24.9. The molecule has 0 radical (unpaired) electrons. The quantitative estimate of drug-likeness (QED) is 0.350. The molecule has 4 aromatic rings. The number of rotatable bonds is 5. The predicted octanol–water partition coefficient (Wildman–Crippen LogP) is 4.63. The molecule has 0 bridgehead atoms. The SMILES string of the molecule is Cc1ccc2c(COC(=O)c3c(C)nn(Cc4ccccc4)c3C)cc(=O)oc2c1C. The van der Waals surface area contributed by atoms with Gasteiger partial charge in [-0.25, -0.2) is 9.59 Å². The number of aromatic nitrogens is 2. The van der Waals surface area contributed by atoms with Gasteiger partial charge in [0.1, 0.15) is 17.8 Å². The highest BCUT2D eigenvalue weighted by Gasteiger charge is 2.21. The van der Waals surface area contributed by atoms with Crippen LogP contribution in [0.1, 0.15) is 44.0 Å². The first-order valence-electron chi connectivity index (χ1n) is 10.1. The lowest BCUT2D eigenvalue weighted by molar-refractivity contribution is 0.0472. The van der Waals surface area contributed by atoms with Gasteiger partial charge in [0, 0.05) is 17.0 Å². The number of ether oxygens (including phenoxy) is 1. The summed E-state index contributed by atoms with van der Waals surface area (Å²) in [6, 6.07) is 15.2. The Morgan fingerprint density at radius 3 is 2.55 bits per heavy atom. The first-order valence-corrected chi connectivity index (χ1v) is 10.1. The van der Waals surface area contributed by atoms with Crippen LogP contribution in [0.5, 0.6) is 0 Å². The molecule has 2 heterocycles. The first kappa shape index (κ1) is 20.6. The summed E-state index contributed by atoms with van der Waals surface area (Å²) in [6.07, 6.45) is 0. The third kappa shape index (κ3) is 4.01. The van der Waals surface area contributed by atoms with E-state index in [1.54, 1.807) is 11.6 Å². The fourth-order valence-electron chi connectivity index (χ4n) is 3.76. The second-order valence-electron chi connectivity index (χ2n) is 7.74. The number of esters is 1. The molecule has 0 N–H and O–H groups in total. The van der Waals surface area contributed by atoms with Crippen LogP contribution in [0.2, 0.25) is 0 Å². The van der Waals surface area contributed by atoms with Crippen LogP contribution in [-0.2, 0) is 17.9 Å². The number of hydrogen-bond acceptors (Lipinski definition) is 5. The van der Waals surface area contributed by atoms with Gasteiger partial charge >= 0.3 is 11.6 Å². The first-order chi connectivity index (χ1) is 14.8. The van der Waals surface area contributed by atoms with Crippen LogP contribution in [0.25, 0.3) is 11.0 Å². The molecule has 6 nitrogen and oxygen atoms in total. The second kappa shape index (κ2) is 8.22. The summed E-state index contributed by atoms with van der Waals surface area (Å²) >= 11 is 0. The molecule has 0 atom stereocenters. The fraction of sp³-hybridized carbons (Fsp3) is 0.240. The van der Waals surface area contributed by atoms with Gasteiger partial charge in [-0.2, -0.15) is 5.10 Å². The zero-order chi connectivity index (χ0) is 22.1. The van der Waals surface area contributed by atoms with Crippen molar-refractivity contribution < 1.29 is 13.9 Å². The van der Waals surface area contributed by atoms with E-state index in [0.717, 1.165) is 27.8 Å². The van der Waals surface area contributed by atoms with Gasteiger partial charge in [-0.05, 0) is 44.4 Å². The smallest absolute Gasteiger partial charge is 0.342 e. The minimum absolute atomic E-state index is 0.0216. The summed E-state index contributed by atoms with van der Waals surface area (Å²) in [5.74, 6) is -0.459. The number of hydrogen-bond donors (Lipinski definition) is 0. The highest BCUT2D eigenvalue weighted by molar-refractivity contribution is 5.92. The Balaban J connectivity index is 1.59. The Bertz CT molecular complexity index is 1330. The lowest BCUT2D eigenvalue weighted by atomic mass is 10.0. The van der Waals surface area contributed by atoms with E-state index in [-0.39, 0.29) is 6.61 Å². The molecule has 0 spiro atoms. The number of benzene rings is 2. The normalized spacial score (nSPS) is 11.1. The summed E-state index contributed by atoms with van der Waals surface area (Å²) in [5, 5.41) is 5.29. The molecule has 2 aromatic carbocycles. The zero-order valence-corrected chi connectivity index (χ0v) is 18.1. The maximum Gasteiger partial charge on any atom is 0.342 e. The van der Waals surface area contributed by atoms with E-state index in [1.807, 2.05) is 63.2 Å². The topological polar surface area (TPSA) is 74.3 Å². The molecule has 158 valence electrons. The van der Waals surface area contributed by atoms with Crippen LogP contribution in [-0.4, -0.2) is 15.7 Å². The summed E-state index contributed by atoms with van der Waals surface area (Å²) in [6.45, 7) is 8.07. The number of nitrogens with zero attached hydrogens (tertiary/aromatic N) is 2. The van der Waals surface area contributed by atoms with Gasteiger partial charge in [-0.3, -0.25) is 4.68 Å². The van der Waals surface area contributed by atoms with Crippen molar-refractivity contribution in [2.75, 3.05) is 0 Å². The monoisotopic (exact) mass is 416 g/mol. The minimum atomic E-state index is -0.463. The number of aryl methyl sites for hydroxylation is 3. The van der Waals surface area contributed by atoms with E-state index in [0.29, 0.717) is 28.9 Å². The van der Waals surface area contributed by atoms with E-state index < -0.39 is 11.6 Å². The van der Waals surface area contributed by atoms with Crippen molar-refractivity contribution in [2.45, 2.75) is 40.8 Å². The van der Waals surface area contributed by atoms with Crippen LogP contribution < -0.4 is 5.63 Å². The van der Waals surface area contributed by atoms with E-state index in [2.05, 4.69) is 5.10 Å². The molecular weight excluding hydrogens is 392 g/mol. The zero-order valence-electron chi connectivity index (χ0n) is 18.1. The number of carbonyl (C=O) groups is 1. The molecule has 0 aliphatic carbocycles. The van der Waals surface area contributed by atoms with Gasteiger partial charge < -0.3 is 9.15 Å². The van der Waals surface area contributed by atoms with Crippen molar-refractivity contribution in [1.82, 2.24) is 9.78 Å². The van der Waals surface area contributed by atoms with Crippen molar-refractivity contribution in [3.8, 4) is 0 Å². The van der Waals surface area contributed by atoms with Gasteiger partial charge in [-0.15, -0.1) is 0 Å². The molecule has 0 aliphatic rings. The maximum atomic E-state index is 12.9. The van der Waals surface area contributed by atoms with E-state index in [4.69, 9.17) is 9.15 Å². The average molecular weight is 416 g/mol. The van der Waals surface area contributed by atoms with Gasteiger partial charge in [0.05, 0.1) is 17.9 Å². The molecule has 6 heteroatoms. The third-order valence-corrected chi connectivity index (χ3v) is 5.64. The van der Waals surface area contributed by atoms with E-state index >= 15 is 0 Å². The van der Waals surface area contributed by atoms with Gasteiger partial charge in [0.25, 0.3) is 0 Å². The van der Waals surface area contributed by atoms with Crippen LogP contribution in [0.15, 0.2) is 57.7 Å². The molecule has 0 aliphatic heterocycles. The lowest BCUT2D eigenvalue weighted by Gasteiger charge is -2.10. The number of carbonyl (C=O) groups excluding carboxylic acids is 1. The number of fused-ring (bicyclic) bond motifs is 1. The lowest BCUT2D eigenvalue weighted by Crippen LogP contribution is -2.11. The fourth-order valence-corrected chi connectivity index (χ4v) is 3.76. The third-order valence-electron chi connectivity index (χ3n) is 5.64. The molecule has 0 fully saturated rings. The summed E-state index contributed by atoms with van der Waals surface area (Å²) in [5.41, 5.74) is 5.53. The Hall–Kier alpha value is -3.67. The molecule has 4 rings (SSSR count). The largest absolute Gasteiger partial charge is 0.457 e. The molecule has 31 heavy (non-hydrogen) atoms. The molecular formula is C25H24N2O4. The van der Waals surface area contributed by atoms with Crippen LogP contribution in [0.4, 0.5) is 0 Å². The highest BCUT2D eigenvalue weighted by atomic mass is 16.5. The maximum absolute atomic E-state index is 12.9. The van der Waals surface area contributed by atoms with Crippen LogP contribution in [0.3, 0.4) is 0 Å². The van der Waals surface area contributed by atoms with Crippen molar-refractivity contribution >= 4 is 16.9 Å². The van der Waals surface area contributed by atoms with Crippen molar-refractivity contribution in [3.63, 3.8) is 0 Å². The van der Waals surface area contributed by atoms with E-state index in [9.17, 15) is 9.59 Å². The second-order valence-corrected chi connectivity index (χ2v) is 7.74. The summed E-state index contributed by atoms with van der Waals surface area (Å²) in [7, 11) is 0. The molecule has 2 aromatic heterocycles. The minimum Gasteiger partial charge on any atom is -0.457 e.